The fraction of sp³-hybridized carbons (Fsp3) is 0.441. The Morgan fingerprint density at radius 2 is 1.69 bits per heavy atom. The summed E-state index contributed by atoms with van der Waals surface area (Å²) in [6.07, 6.45) is 0.905. The summed E-state index contributed by atoms with van der Waals surface area (Å²) in [5.41, 5.74) is 6.65. The van der Waals surface area contributed by atoms with Gasteiger partial charge >= 0.3 is 0 Å². The number of ether oxygens (including phenoxy) is 1. The molecule has 0 radical (unpaired) electrons. The van der Waals surface area contributed by atoms with E-state index < -0.39 is 0 Å². The van der Waals surface area contributed by atoms with Crippen molar-refractivity contribution in [1.29, 1.82) is 0 Å². The van der Waals surface area contributed by atoms with Crippen LogP contribution in [0, 0.1) is 0 Å². The Kier molecular flexibility index (Phi) is 13.3. The SMILES string of the molecule is CCNc1ccc(-c2ccc(C(=O)N(CC)c3ccccc3NC(C)C)cc2OCCCN(C)CCI)cc1N(C)C. The first-order chi connectivity index (χ1) is 20.2. The minimum atomic E-state index is -0.0508. The molecule has 0 aliphatic heterocycles. The van der Waals surface area contributed by atoms with Crippen LogP contribution in [-0.2, 0) is 0 Å². The third-order valence-electron chi connectivity index (χ3n) is 6.99. The second-order valence-corrected chi connectivity index (χ2v) is 12.0. The molecule has 0 fully saturated rings. The van der Waals surface area contributed by atoms with E-state index in [1.807, 2.05) is 54.3 Å². The molecule has 0 saturated carbocycles. The molecule has 0 atom stereocenters. The fourth-order valence-corrected chi connectivity index (χ4v) is 5.74. The Hall–Kier alpha value is -2.98. The van der Waals surface area contributed by atoms with Gasteiger partial charge in [-0.25, -0.2) is 0 Å². The van der Waals surface area contributed by atoms with E-state index in [-0.39, 0.29) is 11.9 Å². The maximum atomic E-state index is 14.0. The second kappa shape index (κ2) is 16.6. The highest BCUT2D eigenvalue weighted by Gasteiger charge is 2.21. The normalized spacial score (nSPS) is 11.1. The van der Waals surface area contributed by atoms with Crippen LogP contribution in [0.5, 0.6) is 5.75 Å². The van der Waals surface area contributed by atoms with Crippen LogP contribution in [-0.4, -0.2) is 75.2 Å². The summed E-state index contributed by atoms with van der Waals surface area (Å²) in [4.78, 5) is 20.3. The zero-order chi connectivity index (χ0) is 30.6. The number of anilines is 4. The van der Waals surface area contributed by atoms with Gasteiger partial charge in [-0.3, -0.25) is 4.79 Å². The standard InChI is InChI=1S/C34H48IN5O2/c1-8-36-29-18-16-26(23-32(29)38(5)6)28-17-15-27(24-33(28)42-22-12-20-39(7)21-19-35)34(41)40(9-2)31-14-11-10-13-30(31)37-25(3)4/h10-11,13-18,23-25,36-37H,8-9,12,19-22H2,1-7H3. The van der Waals surface area contributed by atoms with Crippen molar-refractivity contribution in [2.45, 2.75) is 40.2 Å². The van der Waals surface area contributed by atoms with E-state index in [0.29, 0.717) is 18.7 Å². The van der Waals surface area contributed by atoms with Crippen molar-refractivity contribution in [3.63, 3.8) is 0 Å². The molecule has 3 rings (SSSR count). The number of nitrogens with zero attached hydrogens (tertiary/aromatic N) is 3. The molecule has 0 saturated heterocycles. The van der Waals surface area contributed by atoms with Crippen LogP contribution >= 0.6 is 22.6 Å². The summed E-state index contributed by atoms with van der Waals surface area (Å²) in [5, 5.41) is 6.94. The zero-order valence-corrected chi connectivity index (χ0v) is 28.5. The van der Waals surface area contributed by atoms with Gasteiger partial charge in [0.1, 0.15) is 5.75 Å². The summed E-state index contributed by atoms with van der Waals surface area (Å²) in [5.74, 6) is 0.674. The quantitative estimate of drug-likeness (QED) is 0.0928. The predicted octanol–water partition coefficient (Wildman–Crippen LogP) is 7.47. The van der Waals surface area contributed by atoms with Crippen LogP contribution in [0.3, 0.4) is 0 Å². The number of rotatable bonds is 16. The highest BCUT2D eigenvalue weighted by Crippen LogP contribution is 2.37. The molecule has 3 aromatic carbocycles. The van der Waals surface area contributed by atoms with Crippen molar-refractivity contribution in [3.05, 3.63) is 66.2 Å². The number of amides is 1. The average molecular weight is 686 g/mol. The lowest BCUT2D eigenvalue weighted by Gasteiger charge is -2.26. The van der Waals surface area contributed by atoms with E-state index in [1.165, 1.54) is 0 Å². The van der Waals surface area contributed by atoms with E-state index >= 15 is 0 Å². The number of halogens is 1. The van der Waals surface area contributed by atoms with Crippen LogP contribution in [0.2, 0.25) is 0 Å². The molecule has 7 nitrogen and oxygen atoms in total. The molecule has 0 aromatic heterocycles. The largest absolute Gasteiger partial charge is 0.493 e. The van der Waals surface area contributed by atoms with Crippen molar-refractivity contribution < 1.29 is 9.53 Å². The van der Waals surface area contributed by atoms with Crippen molar-refractivity contribution in [3.8, 4) is 16.9 Å². The first kappa shape index (κ1) is 33.5. The first-order valence-corrected chi connectivity index (χ1v) is 16.5. The second-order valence-electron chi connectivity index (χ2n) is 10.9. The molecular weight excluding hydrogens is 637 g/mol. The average Bonchev–Trinajstić information content (AvgIpc) is 2.96. The van der Waals surface area contributed by atoms with Gasteiger partial charge in [0.2, 0.25) is 0 Å². The van der Waals surface area contributed by atoms with Gasteiger partial charge in [-0.15, -0.1) is 0 Å². The van der Waals surface area contributed by atoms with Crippen molar-refractivity contribution in [1.82, 2.24) is 4.90 Å². The Balaban J connectivity index is 2.00. The van der Waals surface area contributed by atoms with Crippen molar-refractivity contribution in [2.75, 3.05) is 78.8 Å². The summed E-state index contributed by atoms with van der Waals surface area (Å²) in [6.45, 7) is 12.3. The third-order valence-corrected chi connectivity index (χ3v) is 7.48. The Bertz CT molecular complexity index is 1300. The van der Waals surface area contributed by atoms with Gasteiger partial charge in [-0.1, -0.05) is 40.8 Å². The minimum absolute atomic E-state index is 0.0508. The molecule has 0 spiro atoms. The fourth-order valence-electron chi connectivity index (χ4n) is 4.92. The molecule has 0 unspecified atom stereocenters. The van der Waals surface area contributed by atoms with Gasteiger partial charge in [-0.05, 0) is 89.2 Å². The number of hydrogen-bond donors (Lipinski definition) is 2. The van der Waals surface area contributed by atoms with Crippen molar-refractivity contribution in [2.24, 2.45) is 0 Å². The van der Waals surface area contributed by atoms with E-state index in [2.05, 4.69) is 103 Å². The maximum Gasteiger partial charge on any atom is 0.258 e. The highest BCUT2D eigenvalue weighted by atomic mass is 127. The number of hydrogen-bond acceptors (Lipinski definition) is 6. The van der Waals surface area contributed by atoms with E-state index in [0.717, 1.165) is 70.1 Å². The number of benzene rings is 3. The smallest absolute Gasteiger partial charge is 0.258 e. The lowest BCUT2D eigenvalue weighted by molar-refractivity contribution is 0.0988. The Labute approximate surface area is 266 Å². The number of carbonyl (C=O) groups excluding carboxylic acids is 1. The minimum Gasteiger partial charge on any atom is -0.493 e. The molecular formula is C34H48IN5O2. The molecule has 0 aliphatic carbocycles. The van der Waals surface area contributed by atoms with E-state index in [4.69, 9.17) is 4.74 Å². The summed E-state index contributed by atoms with van der Waals surface area (Å²) >= 11 is 2.41. The molecule has 3 aromatic rings. The van der Waals surface area contributed by atoms with Crippen LogP contribution in [0.1, 0.15) is 44.5 Å². The third kappa shape index (κ3) is 9.01. The van der Waals surface area contributed by atoms with Crippen molar-refractivity contribution >= 4 is 51.2 Å². The number of nitrogens with one attached hydrogen (secondary N) is 2. The predicted molar refractivity (Wildman–Crippen MR) is 189 cm³/mol. The van der Waals surface area contributed by atoms with Crippen LogP contribution in [0.15, 0.2) is 60.7 Å². The summed E-state index contributed by atoms with van der Waals surface area (Å²) in [7, 11) is 6.25. The molecule has 2 N–H and O–H groups in total. The zero-order valence-electron chi connectivity index (χ0n) is 26.3. The Morgan fingerprint density at radius 3 is 2.36 bits per heavy atom. The van der Waals surface area contributed by atoms with E-state index in [1.54, 1.807) is 0 Å². The molecule has 0 heterocycles. The van der Waals surface area contributed by atoms with Gasteiger partial charge in [0.05, 0.1) is 29.4 Å². The summed E-state index contributed by atoms with van der Waals surface area (Å²) in [6, 6.07) is 20.5. The number of carbonyl (C=O) groups is 1. The van der Waals surface area contributed by atoms with Crippen LogP contribution < -0.4 is 25.2 Å². The number of para-hydroxylation sites is 2. The lowest BCUT2D eigenvalue weighted by Crippen LogP contribution is -2.31. The topological polar surface area (TPSA) is 60.1 Å². The Morgan fingerprint density at radius 1 is 0.929 bits per heavy atom. The molecule has 1 amide bonds. The molecule has 42 heavy (non-hydrogen) atoms. The van der Waals surface area contributed by atoms with Gasteiger partial charge in [-0.2, -0.15) is 0 Å². The highest BCUT2D eigenvalue weighted by molar-refractivity contribution is 14.1. The van der Waals surface area contributed by atoms with E-state index in [9.17, 15) is 4.79 Å². The molecule has 228 valence electrons. The first-order valence-electron chi connectivity index (χ1n) is 14.9. The van der Waals surface area contributed by atoms with Gasteiger partial charge in [0, 0.05) is 61.9 Å². The van der Waals surface area contributed by atoms with Crippen LogP contribution in [0.25, 0.3) is 11.1 Å². The molecule has 8 heteroatoms. The van der Waals surface area contributed by atoms with Gasteiger partial charge in [0.25, 0.3) is 5.91 Å². The molecule has 0 bridgehead atoms. The number of alkyl halides is 1. The maximum absolute atomic E-state index is 14.0. The van der Waals surface area contributed by atoms with Gasteiger partial charge < -0.3 is 30.1 Å². The van der Waals surface area contributed by atoms with Crippen LogP contribution in [0.4, 0.5) is 22.7 Å². The summed E-state index contributed by atoms with van der Waals surface area (Å²) < 4.78 is 7.55. The molecule has 0 aliphatic rings. The monoisotopic (exact) mass is 685 g/mol. The lowest BCUT2D eigenvalue weighted by atomic mass is 10.00. The van der Waals surface area contributed by atoms with Gasteiger partial charge in [0.15, 0.2) is 0 Å².